The molecule has 1 spiro atoms. The summed E-state index contributed by atoms with van der Waals surface area (Å²) in [5.41, 5.74) is 2.15. The molecule has 5 aliphatic heterocycles. The molecule has 2 N–H and O–H groups in total. The molecular weight excluding hydrogens is 665 g/mol. The molecule has 3 saturated carbocycles. The fourth-order valence-electron chi connectivity index (χ4n) is 13.0. The Balaban J connectivity index is 1.27. The van der Waals surface area contributed by atoms with Gasteiger partial charge in [0.1, 0.15) is 18.3 Å². The van der Waals surface area contributed by atoms with E-state index >= 15 is 0 Å². The summed E-state index contributed by atoms with van der Waals surface area (Å²) in [6.07, 6.45) is 17.0. The Hall–Kier alpha value is -3.30. The number of nitrogens with zero attached hydrogens (tertiary/aromatic N) is 1. The fourth-order valence-corrected chi connectivity index (χ4v) is 13.0. The Bertz CT molecular complexity index is 1740. The molecule has 53 heavy (non-hydrogen) atoms. The van der Waals surface area contributed by atoms with E-state index in [0.717, 1.165) is 63.4 Å². The highest BCUT2D eigenvalue weighted by Gasteiger charge is 2.82. The van der Waals surface area contributed by atoms with E-state index < -0.39 is 28.3 Å². The standard InChI is InChI=1S/C45H58N2O6/c1-32(13-9-17-33-15-5-4-6-16-33)14-11-24-43-37(48)22-25-42(3)35-18-10-19-36(35)47-27-12-28-52-45(43,26-21-34-29-39(50)51-30-34)41(2)23-8-7-20-38(49)53-44(31-41,46-47)40(42)43/h4-6,15-16,29,32,35-37,40,46,48H,7,9-11,13-14,17-22,24-27,30-31H2,1-3H3. The predicted molar refractivity (Wildman–Crippen MR) is 201 cm³/mol. The molecule has 8 nitrogen and oxygen atoms in total. The van der Waals surface area contributed by atoms with Gasteiger partial charge in [-0.3, -0.25) is 4.79 Å². The summed E-state index contributed by atoms with van der Waals surface area (Å²) in [4.78, 5) is 26.3. The monoisotopic (exact) mass is 722 g/mol. The molecule has 0 radical (unpaired) electrons. The molecule has 1 aromatic carbocycles. The van der Waals surface area contributed by atoms with E-state index in [4.69, 9.17) is 14.2 Å². The zero-order valence-electron chi connectivity index (χ0n) is 32.0. The topological polar surface area (TPSA) is 97.3 Å². The van der Waals surface area contributed by atoms with Crippen LogP contribution in [-0.2, 0) is 30.2 Å². The van der Waals surface area contributed by atoms with Gasteiger partial charge >= 0.3 is 11.9 Å². The number of nitrogens with one attached hydrogen (secondary N) is 1. The summed E-state index contributed by atoms with van der Waals surface area (Å²) in [5, 5.41) is 15.4. The third kappa shape index (κ3) is 6.03. The number of aryl methyl sites for hydroxylation is 1. The third-order valence-electron chi connectivity index (χ3n) is 15.0. The minimum atomic E-state index is -1.11. The van der Waals surface area contributed by atoms with Gasteiger partial charge in [0, 0.05) is 36.3 Å². The number of carbonyl (C=O) groups is 2. The van der Waals surface area contributed by atoms with Gasteiger partial charge < -0.3 is 19.3 Å². The highest BCUT2D eigenvalue weighted by atomic mass is 16.6. The van der Waals surface area contributed by atoms with Crippen LogP contribution in [0.2, 0.25) is 0 Å². The van der Waals surface area contributed by atoms with Gasteiger partial charge in [-0.05, 0) is 99.0 Å². The molecule has 8 heteroatoms. The van der Waals surface area contributed by atoms with Gasteiger partial charge in [-0.2, -0.15) is 0 Å². The Morgan fingerprint density at radius 3 is 2.68 bits per heavy atom. The lowest BCUT2D eigenvalue weighted by molar-refractivity contribution is -0.343. The van der Waals surface area contributed by atoms with Crippen LogP contribution in [-0.4, -0.2) is 58.7 Å². The van der Waals surface area contributed by atoms with Crippen LogP contribution in [0, 0.1) is 57.9 Å². The first-order valence-electron chi connectivity index (χ1n) is 20.5. The van der Waals surface area contributed by atoms with Crippen molar-refractivity contribution >= 4 is 11.9 Å². The largest absolute Gasteiger partial charge is 0.458 e. The molecule has 8 aliphatic rings. The number of benzene rings is 1. The van der Waals surface area contributed by atoms with Crippen LogP contribution in [0.5, 0.6) is 0 Å². The number of rotatable bonds is 11. The average Bonchev–Trinajstić information content (AvgIpc) is 3.79. The van der Waals surface area contributed by atoms with Crippen molar-refractivity contribution < 1.29 is 28.9 Å². The van der Waals surface area contributed by atoms with Crippen molar-refractivity contribution in [3.63, 3.8) is 0 Å². The zero-order chi connectivity index (χ0) is 36.9. The molecular formula is C45H58N2O6. The van der Waals surface area contributed by atoms with Gasteiger partial charge in [-0.15, -0.1) is 5.92 Å². The number of cyclic esters (lactones) is 1. The Labute approximate surface area is 316 Å². The van der Waals surface area contributed by atoms with Crippen LogP contribution in [0.15, 0.2) is 42.0 Å². The first-order chi connectivity index (χ1) is 25.5. The minimum Gasteiger partial charge on any atom is -0.458 e. The maximum absolute atomic E-state index is 14.0. The molecule has 0 aromatic heterocycles. The van der Waals surface area contributed by atoms with Crippen molar-refractivity contribution in [3.8, 4) is 23.9 Å². The number of aliphatic hydroxyl groups excluding tert-OH is 1. The highest BCUT2D eigenvalue weighted by molar-refractivity contribution is 5.85. The zero-order valence-corrected chi connectivity index (χ0v) is 32.0. The SMILES string of the molecule is CC(CCCc1ccccc1)CCCC12C(O)CCC3(C)C4CCCC4N4CC#COC1(CCC1=CC(=O)OC1)C1(C)C#CCCC(=O)OC(C1)(N4)C32. The van der Waals surface area contributed by atoms with Gasteiger partial charge in [0.05, 0.1) is 24.5 Å². The fraction of sp³-hybridized carbons (Fsp3) is 0.689. The summed E-state index contributed by atoms with van der Waals surface area (Å²) < 4.78 is 19.6. The third-order valence-corrected chi connectivity index (χ3v) is 15.0. The molecule has 11 unspecified atom stereocenters. The van der Waals surface area contributed by atoms with Crippen molar-refractivity contribution in [1.82, 2.24) is 10.4 Å². The van der Waals surface area contributed by atoms with E-state index in [9.17, 15) is 14.7 Å². The van der Waals surface area contributed by atoms with Crippen LogP contribution in [0.25, 0.3) is 0 Å². The lowest BCUT2D eigenvalue weighted by Crippen LogP contribution is -2.82. The van der Waals surface area contributed by atoms with Crippen molar-refractivity contribution in [3.05, 3.63) is 47.5 Å². The first kappa shape index (κ1) is 36.7. The van der Waals surface area contributed by atoms with Crippen LogP contribution in [0.4, 0.5) is 0 Å². The van der Waals surface area contributed by atoms with E-state index in [1.54, 1.807) is 6.08 Å². The molecule has 5 heterocycles. The molecule has 1 aromatic rings. The van der Waals surface area contributed by atoms with E-state index in [-0.39, 0.29) is 42.3 Å². The normalized spacial score (nSPS) is 41.4. The number of hydrogen-bond donors (Lipinski definition) is 2. The number of carbonyl (C=O) groups excluding carboxylic acids is 2. The summed E-state index contributed by atoms with van der Waals surface area (Å²) in [5.74, 6) is 10.6. The second-order valence-corrected chi connectivity index (χ2v) is 18.0. The second-order valence-electron chi connectivity index (χ2n) is 18.0. The maximum Gasteiger partial charge on any atom is 0.331 e. The minimum absolute atomic E-state index is 0.218. The van der Waals surface area contributed by atoms with Gasteiger partial charge in [-0.1, -0.05) is 75.8 Å². The van der Waals surface area contributed by atoms with Gasteiger partial charge in [0.25, 0.3) is 0 Å². The molecule has 3 aliphatic carbocycles. The van der Waals surface area contributed by atoms with Crippen molar-refractivity contribution in [2.24, 2.45) is 34.0 Å². The van der Waals surface area contributed by atoms with Crippen LogP contribution >= 0.6 is 0 Å². The highest BCUT2D eigenvalue weighted by Crippen LogP contribution is 2.75. The number of aliphatic hydroxyl groups is 1. The van der Waals surface area contributed by atoms with Crippen LogP contribution in [0.1, 0.15) is 123 Å². The van der Waals surface area contributed by atoms with Gasteiger partial charge in [0.2, 0.25) is 0 Å². The molecule has 5 bridgehead atoms. The summed E-state index contributed by atoms with van der Waals surface area (Å²) in [7, 11) is 0. The first-order valence-corrected chi connectivity index (χ1v) is 20.5. The number of hydrogen-bond acceptors (Lipinski definition) is 8. The van der Waals surface area contributed by atoms with E-state index in [2.05, 4.69) is 85.4 Å². The quantitative estimate of drug-likeness (QED) is 0.186. The van der Waals surface area contributed by atoms with Gasteiger partial charge in [-0.25, -0.2) is 15.2 Å². The smallest absolute Gasteiger partial charge is 0.331 e. The number of esters is 2. The molecule has 4 fully saturated rings. The maximum atomic E-state index is 14.0. The Kier molecular flexibility index (Phi) is 9.74. The summed E-state index contributed by atoms with van der Waals surface area (Å²) in [6, 6.07) is 11.0. The van der Waals surface area contributed by atoms with Crippen molar-refractivity contribution in [2.75, 3.05) is 13.2 Å². The van der Waals surface area contributed by atoms with Crippen LogP contribution in [0.3, 0.4) is 0 Å². The molecule has 11 atom stereocenters. The molecule has 284 valence electrons. The summed E-state index contributed by atoms with van der Waals surface area (Å²) >= 11 is 0. The lowest BCUT2D eigenvalue weighted by Gasteiger charge is -2.73. The molecule has 1 saturated heterocycles. The number of fused-ring (bicyclic) bond motifs is 4. The van der Waals surface area contributed by atoms with Crippen LogP contribution < -0.4 is 5.43 Å². The Morgan fingerprint density at radius 2 is 1.87 bits per heavy atom. The van der Waals surface area contributed by atoms with Gasteiger partial charge in [0.15, 0.2) is 5.72 Å². The lowest BCUT2D eigenvalue weighted by atomic mass is 9.34. The van der Waals surface area contributed by atoms with E-state index in [1.807, 2.05) is 0 Å². The Morgan fingerprint density at radius 1 is 1.04 bits per heavy atom. The average molecular weight is 723 g/mol. The van der Waals surface area contributed by atoms with Crippen molar-refractivity contribution in [2.45, 2.75) is 147 Å². The second kappa shape index (κ2) is 14.1. The molecule has 0 amide bonds. The predicted octanol–water partition coefficient (Wildman–Crippen LogP) is 7.01. The van der Waals surface area contributed by atoms with E-state index in [0.29, 0.717) is 56.9 Å². The number of ether oxygens (including phenoxy) is 3. The van der Waals surface area contributed by atoms with Crippen molar-refractivity contribution in [1.29, 1.82) is 0 Å². The molecule has 9 rings (SSSR count). The summed E-state index contributed by atoms with van der Waals surface area (Å²) in [6.45, 7) is 7.70. The number of hydrazine groups is 1. The van der Waals surface area contributed by atoms with E-state index in [1.165, 1.54) is 5.56 Å².